The molecule has 2 aromatic heterocycles. The van der Waals surface area contributed by atoms with Gasteiger partial charge in [0.05, 0.1) is 5.69 Å². The van der Waals surface area contributed by atoms with Crippen LogP contribution in [-0.2, 0) is 0 Å². The lowest BCUT2D eigenvalue weighted by Crippen LogP contribution is -1.87. The third kappa shape index (κ3) is 1.83. The first-order valence-electron chi connectivity index (χ1n) is 5.34. The fraction of sp³-hybridized carbons (Fsp3) is 0. The Balaban J connectivity index is 2.14. The van der Waals surface area contributed by atoms with E-state index < -0.39 is 0 Å². The summed E-state index contributed by atoms with van der Waals surface area (Å²) in [5.74, 6) is 0.257. The van der Waals surface area contributed by atoms with Gasteiger partial charge in [-0.15, -0.1) is 0 Å². The van der Waals surface area contributed by atoms with Gasteiger partial charge in [0.15, 0.2) is 5.65 Å². The predicted molar refractivity (Wildman–Crippen MR) is 66.6 cm³/mol. The molecule has 3 aromatic rings. The molecule has 0 fully saturated rings. The zero-order valence-electron chi connectivity index (χ0n) is 9.04. The van der Waals surface area contributed by atoms with Gasteiger partial charge in [-0.25, -0.2) is 9.97 Å². The van der Waals surface area contributed by atoms with E-state index in [9.17, 15) is 5.11 Å². The average Bonchev–Trinajstić information content (AvgIpc) is 2.39. The lowest BCUT2D eigenvalue weighted by molar-refractivity contribution is 0.475. The van der Waals surface area contributed by atoms with Crippen LogP contribution in [0.3, 0.4) is 0 Å². The molecule has 17 heavy (non-hydrogen) atoms. The monoisotopic (exact) mass is 222 g/mol. The molecule has 0 aliphatic rings. The maximum atomic E-state index is 9.24. The van der Waals surface area contributed by atoms with Gasteiger partial charge in [-0.3, -0.25) is 0 Å². The fourth-order valence-corrected chi connectivity index (χ4v) is 1.75. The van der Waals surface area contributed by atoms with Crippen molar-refractivity contribution in [3.05, 3.63) is 54.7 Å². The summed E-state index contributed by atoms with van der Waals surface area (Å²) >= 11 is 0. The number of phenolic OH excluding ortho intramolecular Hbond substituents is 1. The Morgan fingerprint density at radius 3 is 2.53 bits per heavy atom. The second kappa shape index (κ2) is 3.87. The van der Waals surface area contributed by atoms with E-state index >= 15 is 0 Å². The van der Waals surface area contributed by atoms with Gasteiger partial charge in [0, 0.05) is 17.1 Å². The Bertz CT molecular complexity index is 662. The van der Waals surface area contributed by atoms with Gasteiger partial charge in [0.25, 0.3) is 0 Å². The Hall–Kier alpha value is -2.42. The normalized spacial score (nSPS) is 10.6. The predicted octanol–water partition coefficient (Wildman–Crippen LogP) is 3.00. The van der Waals surface area contributed by atoms with Crippen LogP contribution in [-0.4, -0.2) is 15.1 Å². The standard InChI is InChI=1S/C14H10N2O/c17-12-6-3-10(4-7-12)13-8-5-11-2-1-9-15-14(11)16-13/h1-9,17H. The van der Waals surface area contributed by atoms with E-state index in [1.807, 2.05) is 36.4 Å². The topological polar surface area (TPSA) is 46.0 Å². The van der Waals surface area contributed by atoms with E-state index in [0.717, 1.165) is 22.3 Å². The van der Waals surface area contributed by atoms with Crippen LogP contribution in [0.2, 0.25) is 0 Å². The Kier molecular flexibility index (Phi) is 2.22. The summed E-state index contributed by atoms with van der Waals surface area (Å²) in [5, 5.41) is 10.3. The molecule has 0 aliphatic carbocycles. The number of aromatic nitrogens is 2. The van der Waals surface area contributed by atoms with Crippen LogP contribution in [0.25, 0.3) is 22.3 Å². The molecule has 3 rings (SSSR count). The first kappa shape index (κ1) is 9.78. The van der Waals surface area contributed by atoms with Crippen molar-refractivity contribution in [2.75, 3.05) is 0 Å². The summed E-state index contributed by atoms with van der Waals surface area (Å²) in [4.78, 5) is 8.71. The molecule has 3 heteroatoms. The molecular formula is C14H10N2O. The molecule has 0 saturated heterocycles. The number of aromatic hydroxyl groups is 1. The molecule has 0 atom stereocenters. The molecule has 0 spiro atoms. The zero-order valence-corrected chi connectivity index (χ0v) is 9.04. The minimum absolute atomic E-state index is 0.257. The molecule has 0 bridgehead atoms. The molecule has 1 N–H and O–H groups in total. The molecule has 0 amide bonds. The van der Waals surface area contributed by atoms with Crippen LogP contribution in [0.1, 0.15) is 0 Å². The van der Waals surface area contributed by atoms with Crippen LogP contribution in [0.5, 0.6) is 5.75 Å². The van der Waals surface area contributed by atoms with Crippen molar-refractivity contribution in [3.63, 3.8) is 0 Å². The van der Waals surface area contributed by atoms with Gasteiger partial charge < -0.3 is 5.11 Å². The maximum Gasteiger partial charge on any atom is 0.159 e. The molecule has 82 valence electrons. The number of nitrogens with zero attached hydrogens (tertiary/aromatic N) is 2. The van der Waals surface area contributed by atoms with E-state index in [-0.39, 0.29) is 5.75 Å². The van der Waals surface area contributed by atoms with Crippen molar-refractivity contribution in [2.45, 2.75) is 0 Å². The lowest BCUT2D eigenvalue weighted by Gasteiger charge is -2.02. The van der Waals surface area contributed by atoms with E-state index in [1.54, 1.807) is 18.3 Å². The molecule has 0 saturated carbocycles. The van der Waals surface area contributed by atoms with Gasteiger partial charge in [0.1, 0.15) is 5.75 Å². The van der Waals surface area contributed by atoms with Crippen molar-refractivity contribution in [2.24, 2.45) is 0 Å². The van der Waals surface area contributed by atoms with Crippen molar-refractivity contribution in [1.29, 1.82) is 0 Å². The molecule has 2 heterocycles. The first-order chi connectivity index (χ1) is 8.33. The van der Waals surface area contributed by atoms with Gasteiger partial charge in [-0.1, -0.05) is 0 Å². The summed E-state index contributed by atoms with van der Waals surface area (Å²) in [7, 11) is 0. The third-order valence-corrected chi connectivity index (χ3v) is 2.63. The van der Waals surface area contributed by atoms with Crippen LogP contribution >= 0.6 is 0 Å². The van der Waals surface area contributed by atoms with E-state index in [2.05, 4.69) is 9.97 Å². The van der Waals surface area contributed by atoms with Crippen LogP contribution in [0.4, 0.5) is 0 Å². The highest BCUT2D eigenvalue weighted by Gasteiger charge is 2.01. The summed E-state index contributed by atoms with van der Waals surface area (Å²) in [5.41, 5.74) is 2.56. The smallest absolute Gasteiger partial charge is 0.159 e. The number of pyridine rings is 2. The second-order valence-corrected chi connectivity index (χ2v) is 3.79. The van der Waals surface area contributed by atoms with Crippen molar-refractivity contribution >= 4 is 11.0 Å². The summed E-state index contributed by atoms with van der Waals surface area (Å²) in [6, 6.07) is 14.8. The maximum absolute atomic E-state index is 9.24. The van der Waals surface area contributed by atoms with Gasteiger partial charge in [0.2, 0.25) is 0 Å². The number of phenols is 1. The summed E-state index contributed by atoms with van der Waals surface area (Å²) < 4.78 is 0. The number of benzene rings is 1. The Morgan fingerprint density at radius 2 is 1.71 bits per heavy atom. The van der Waals surface area contributed by atoms with Crippen LogP contribution in [0.15, 0.2) is 54.7 Å². The SMILES string of the molecule is Oc1ccc(-c2ccc3cccnc3n2)cc1. The van der Waals surface area contributed by atoms with E-state index in [0.29, 0.717) is 0 Å². The summed E-state index contributed by atoms with van der Waals surface area (Å²) in [6.45, 7) is 0. The van der Waals surface area contributed by atoms with Crippen molar-refractivity contribution in [3.8, 4) is 17.0 Å². The number of hydrogen-bond acceptors (Lipinski definition) is 3. The van der Waals surface area contributed by atoms with Crippen LogP contribution in [0, 0.1) is 0 Å². The van der Waals surface area contributed by atoms with Gasteiger partial charge in [-0.05, 0) is 48.5 Å². The fourth-order valence-electron chi connectivity index (χ4n) is 1.75. The zero-order chi connectivity index (χ0) is 11.7. The lowest BCUT2D eigenvalue weighted by atomic mass is 10.1. The number of fused-ring (bicyclic) bond motifs is 1. The Morgan fingerprint density at radius 1 is 0.882 bits per heavy atom. The molecule has 1 aromatic carbocycles. The molecule has 3 nitrogen and oxygen atoms in total. The summed E-state index contributed by atoms with van der Waals surface area (Å²) in [6.07, 6.45) is 1.73. The Labute approximate surface area is 98.4 Å². The second-order valence-electron chi connectivity index (χ2n) is 3.79. The largest absolute Gasteiger partial charge is 0.508 e. The van der Waals surface area contributed by atoms with Crippen molar-refractivity contribution in [1.82, 2.24) is 9.97 Å². The molecular weight excluding hydrogens is 212 g/mol. The van der Waals surface area contributed by atoms with Gasteiger partial charge >= 0.3 is 0 Å². The quantitative estimate of drug-likeness (QED) is 0.688. The third-order valence-electron chi connectivity index (χ3n) is 2.63. The minimum atomic E-state index is 0.257. The highest BCUT2D eigenvalue weighted by Crippen LogP contribution is 2.21. The van der Waals surface area contributed by atoms with Crippen LogP contribution < -0.4 is 0 Å². The highest BCUT2D eigenvalue weighted by molar-refractivity contribution is 5.78. The van der Waals surface area contributed by atoms with Crippen molar-refractivity contribution < 1.29 is 5.11 Å². The highest BCUT2D eigenvalue weighted by atomic mass is 16.3. The number of rotatable bonds is 1. The van der Waals surface area contributed by atoms with E-state index in [4.69, 9.17) is 0 Å². The number of hydrogen-bond donors (Lipinski definition) is 1. The average molecular weight is 222 g/mol. The minimum Gasteiger partial charge on any atom is -0.508 e. The van der Waals surface area contributed by atoms with E-state index in [1.165, 1.54) is 0 Å². The molecule has 0 unspecified atom stereocenters. The van der Waals surface area contributed by atoms with Gasteiger partial charge in [-0.2, -0.15) is 0 Å². The molecule has 0 radical (unpaired) electrons. The first-order valence-corrected chi connectivity index (χ1v) is 5.34. The molecule has 0 aliphatic heterocycles.